The molecule has 0 saturated heterocycles. The maximum absolute atomic E-state index is 10.5. The summed E-state index contributed by atoms with van der Waals surface area (Å²) < 4.78 is 17.5. The van der Waals surface area contributed by atoms with Crippen LogP contribution in [0.4, 0.5) is 4.48 Å². The first-order valence-electron chi connectivity index (χ1n) is 4.14. The molecule has 5 nitrogen and oxygen atoms in total. The molecule has 92 valence electrons. The number of hydrogen-bond donors (Lipinski definition) is 2. The summed E-state index contributed by atoms with van der Waals surface area (Å²) in [5.41, 5.74) is 0.504. The van der Waals surface area contributed by atoms with Gasteiger partial charge in [-0.05, 0) is 28.1 Å². The Bertz CT molecular complexity index is 407. The molecule has 1 rings (SSSR count). The van der Waals surface area contributed by atoms with Crippen molar-refractivity contribution in [2.45, 2.75) is 0 Å². The van der Waals surface area contributed by atoms with Gasteiger partial charge < -0.3 is 14.8 Å². The van der Waals surface area contributed by atoms with Crippen molar-refractivity contribution in [3.63, 3.8) is 0 Å². The third-order valence-electron chi connectivity index (χ3n) is 1.71. The minimum atomic E-state index is -1.67. The Kier molecular flexibility index (Phi) is 8.42. The Labute approximate surface area is 117 Å². The van der Waals surface area contributed by atoms with Crippen LogP contribution in [-0.4, -0.2) is 30.6 Å². The van der Waals surface area contributed by atoms with Crippen LogP contribution < -0.4 is 10.2 Å². The molecule has 0 aliphatic rings. The van der Waals surface area contributed by atoms with E-state index in [9.17, 15) is 9.28 Å². The molecule has 9 heteroatoms. The van der Waals surface area contributed by atoms with Gasteiger partial charge in [-0.25, -0.2) is 0 Å². The molecule has 2 N–H and O–H groups in total. The molecule has 0 heterocycles. The van der Waals surface area contributed by atoms with Gasteiger partial charge in [0, 0.05) is 11.0 Å². The Morgan fingerprint density at radius 2 is 2.12 bits per heavy atom. The fraction of sp³-hybridized carbons (Fsp3) is 0.125. The molecule has 0 unspecified atom stereocenters. The number of methoxy groups -OCH3 is 1. The molecule has 17 heavy (non-hydrogen) atoms. The van der Waals surface area contributed by atoms with Crippen molar-refractivity contribution in [1.82, 2.24) is 0 Å². The third kappa shape index (κ3) is 5.16. The quantitative estimate of drug-likeness (QED) is 0.494. The van der Waals surface area contributed by atoms with Crippen LogP contribution in [0.5, 0.6) is 5.75 Å². The van der Waals surface area contributed by atoms with Crippen molar-refractivity contribution >= 4 is 34.8 Å². The Morgan fingerprint density at radius 1 is 1.59 bits per heavy atom. The predicted molar refractivity (Wildman–Crippen MR) is 59.4 cm³/mol. The van der Waals surface area contributed by atoms with E-state index in [1.165, 1.54) is 19.2 Å². The third-order valence-corrected chi connectivity index (χ3v) is 2.30. The minimum absolute atomic E-state index is 0.156. The first-order chi connectivity index (χ1) is 8.01. The van der Waals surface area contributed by atoms with E-state index in [0.717, 1.165) is 0 Å². The van der Waals surface area contributed by atoms with Gasteiger partial charge in [-0.1, -0.05) is 0 Å². The zero-order chi connectivity index (χ0) is 13.4. The summed E-state index contributed by atoms with van der Waals surface area (Å²) in [5, 5.41) is 18.0. The van der Waals surface area contributed by atoms with Crippen LogP contribution in [0, 0.1) is 0 Å². The summed E-state index contributed by atoms with van der Waals surface area (Å²) in [5.74, 6) is 0.311. The number of rotatable bonds is 3. The maximum atomic E-state index is 10.5. The standard InChI is InChI=1S/C8H8BBrO4.FN.W/c1-14-8-6(9(12)13)2-5(4-11)3-7(8)10;1-2;/h2-4,12-13H,1H3;;. The fourth-order valence-corrected chi connectivity index (χ4v) is 1.77. The Morgan fingerprint density at radius 3 is 2.47 bits per heavy atom. The molecule has 1 aromatic carbocycles. The van der Waals surface area contributed by atoms with Crippen LogP contribution in [0.3, 0.4) is 0 Å². The van der Waals surface area contributed by atoms with Crippen LogP contribution in [0.1, 0.15) is 10.4 Å². The molecular formula is C8H8BBrFNO4W. The fourth-order valence-electron chi connectivity index (χ4n) is 1.11. The average Bonchev–Trinajstić information content (AvgIpc) is 2.28. The SMILES string of the molecule is COc1c(Br)cc(C=O)cc1B(O)O.F[N]=[W]. The van der Waals surface area contributed by atoms with E-state index in [0.29, 0.717) is 41.7 Å². The molecule has 0 aliphatic heterocycles. The van der Waals surface area contributed by atoms with Crippen molar-refractivity contribution in [2.75, 3.05) is 7.11 Å². The van der Waals surface area contributed by atoms with Gasteiger partial charge in [-0.15, -0.1) is 0 Å². The van der Waals surface area contributed by atoms with E-state index in [1.807, 2.05) is 0 Å². The number of halogens is 2. The van der Waals surface area contributed by atoms with Gasteiger partial charge in [0.2, 0.25) is 0 Å². The average molecular weight is 476 g/mol. The second-order valence-corrected chi connectivity index (χ2v) is 4.04. The first-order valence-corrected chi connectivity index (χ1v) is 6.24. The van der Waals surface area contributed by atoms with Gasteiger partial charge in [0.15, 0.2) is 0 Å². The number of aldehydes is 1. The second-order valence-electron chi connectivity index (χ2n) is 2.69. The monoisotopic (exact) mass is 475 g/mol. The van der Waals surface area contributed by atoms with E-state index in [2.05, 4.69) is 19.6 Å². The molecule has 0 amide bonds. The summed E-state index contributed by atoms with van der Waals surface area (Å²) in [7, 11) is -0.256. The van der Waals surface area contributed by atoms with Gasteiger partial charge in [0.1, 0.15) is 12.0 Å². The van der Waals surface area contributed by atoms with Gasteiger partial charge >= 0.3 is 34.9 Å². The van der Waals surface area contributed by atoms with Gasteiger partial charge in [-0.2, -0.15) is 0 Å². The zero-order valence-electron chi connectivity index (χ0n) is 8.63. The topological polar surface area (TPSA) is 79.1 Å². The molecule has 0 aromatic heterocycles. The van der Waals surface area contributed by atoms with Crippen molar-refractivity contribution in [3.05, 3.63) is 22.2 Å². The van der Waals surface area contributed by atoms with Crippen LogP contribution >= 0.6 is 15.9 Å². The molecule has 0 spiro atoms. The summed E-state index contributed by atoms with van der Waals surface area (Å²) in [6, 6.07) is 2.90. The Hall–Kier alpha value is -0.427. The van der Waals surface area contributed by atoms with E-state index in [-0.39, 0.29) is 5.46 Å². The van der Waals surface area contributed by atoms with Crippen LogP contribution in [0.2, 0.25) is 0 Å². The van der Waals surface area contributed by atoms with E-state index in [1.54, 1.807) is 0 Å². The first kappa shape index (κ1) is 16.6. The number of carbonyl (C=O) groups is 1. The molecule has 0 aliphatic carbocycles. The molecule has 0 atom stereocenters. The molecule has 0 saturated carbocycles. The van der Waals surface area contributed by atoms with Gasteiger partial charge in [0.25, 0.3) is 0 Å². The van der Waals surface area contributed by atoms with Crippen molar-refractivity contribution < 1.29 is 43.7 Å². The summed E-state index contributed by atoms with van der Waals surface area (Å²) >= 11 is 3.79. The van der Waals surface area contributed by atoms with E-state index < -0.39 is 7.12 Å². The summed E-state index contributed by atoms with van der Waals surface area (Å²) in [4.78, 5) is 10.5. The van der Waals surface area contributed by atoms with Gasteiger partial charge in [0.05, 0.1) is 11.6 Å². The molecule has 1 aromatic rings. The van der Waals surface area contributed by atoms with E-state index >= 15 is 0 Å². The van der Waals surface area contributed by atoms with Crippen LogP contribution in [0.25, 0.3) is 0 Å². The number of carbonyl (C=O) groups excluding carboxylic acids is 1. The van der Waals surface area contributed by atoms with Gasteiger partial charge in [-0.3, -0.25) is 4.79 Å². The normalized spacial score (nSPS) is 8.76. The van der Waals surface area contributed by atoms with Crippen molar-refractivity contribution in [2.24, 2.45) is 3.72 Å². The summed E-state index contributed by atoms with van der Waals surface area (Å²) in [6.07, 6.45) is 0.621. The Balaban J connectivity index is 0.000000770. The molecule has 0 radical (unpaired) electrons. The van der Waals surface area contributed by atoms with Crippen molar-refractivity contribution in [3.8, 4) is 5.75 Å². The van der Waals surface area contributed by atoms with Crippen LogP contribution in [-0.2, 0) is 19.6 Å². The predicted octanol–water partition coefficient (Wildman–Crippen LogP) is 0.551. The van der Waals surface area contributed by atoms with Crippen molar-refractivity contribution in [1.29, 1.82) is 0 Å². The number of benzene rings is 1. The second kappa shape index (κ2) is 8.63. The summed E-state index contributed by atoms with van der Waals surface area (Å²) in [6.45, 7) is 0. The number of ether oxygens (including phenoxy) is 1. The molecule has 0 fully saturated rings. The number of hydrogen-bond acceptors (Lipinski definition) is 5. The molecular weight excluding hydrogens is 468 g/mol. The molecule has 0 bridgehead atoms. The number of nitrogens with zero attached hydrogens (tertiary/aromatic N) is 1. The van der Waals surface area contributed by atoms with E-state index in [4.69, 9.17) is 14.8 Å². The zero-order valence-corrected chi connectivity index (χ0v) is 13.2. The van der Waals surface area contributed by atoms with Crippen LogP contribution in [0.15, 0.2) is 20.3 Å².